The van der Waals surface area contributed by atoms with E-state index in [0.717, 1.165) is 46.1 Å². The summed E-state index contributed by atoms with van der Waals surface area (Å²) >= 11 is 1.78. The van der Waals surface area contributed by atoms with Gasteiger partial charge in [-0.15, -0.1) is 11.3 Å². The zero-order valence-corrected chi connectivity index (χ0v) is 21.1. The first-order valence-electron chi connectivity index (χ1n) is 12.0. The van der Waals surface area contributed by atoms with Crippen molar-refractivity contribution in [3.8, 4) is 5.75 Å². The predicted octanol–water partition coefficient (Wildman–Crippen LogP) is 4.69. The van der Waals surface area contributed by atoms with Crippen molar-refractivity contribution < 1.29 is 34.0 Å². The number of fused-ring (bicyclic) bond motifs is 2. The number of ether oxygens (including phenoxy) is 1. The minimum Gasteiger partial charge on any atom is -0.490 e. The van der Waals surface area contributed by atoms with Gasteiger partial charge in [0.2, 0.25) is 0 Å². The maximum absolute atomic E-state index is 13.5. The van der Waals surface area contributed by atoms with Crippen molar-refractivity contribution in [2.45, 2.75) is 37.8 Å². The quantitative estimate of drug-likeness (QED) is 0.268. The lowest BCUT2D eigenvalue weighted by Crippen LogP contribution is -2.45. The molecule has 0 bridgehead atoms. The van der Waals surface area contributed by atoms with Gasteiger partial charge < -0.3 is 25.0 Å². The number of carboxylic acid groups (broad SMARTS) is 2. The monoisotopic (exact) mass is 528 g/mol. The minimum atomic E-state index is -1.82. The van der Waals surface area contributed by atoms with E-state index < -0.39 is 18.0 Å². The fourth-order valence-electron chi connectivity index (χ4n) is 4.68. The van der Waals surface area contributed by atoms with Crippen LogP contribution in [0.4, 0.5) is 4.39 Å². The van der Waals surface area contributed by atoms with E-state index in [9.17, 15) is 9.50 Å². The molecule has 1 saturated heterocycles. The van der Waals surface area contributed by atoms with E-state index in [1.54, 1.807) is 17.4 Å². The molecule has 5 rings (SSSR count). The van der Waals surface area contributed by atoms with Crippen LogP contribution in [0, 0.1) is 5.82 Å². The number of thiophene rings is 1. The Morgan fingerprint density at radius 1 is 1.19 bits per heavy atom. The number of hydrogen-bond donors (Lipinski definition) is 4. The Hall–Kier alpha value is -3.47. The number of aliphatic carboxylic acids is 2. The topological polar surface area (TPSA) is 123 Å². The molecule has 0 amide bonds. The van der Waals surface area contributed by atoms with Crippen LogP contribution in [0.5, 0.6) is 5.75 Å². The number of aliphatic hydroxyl groups is 1. The summed E-state index contributed by atoms with van der Waals surface area (Å²) in [6, 6.07) is 15.5. The molecule has 196 valence electrons. The van der Waals surface area contributed by atoms with E-state index in [1.165, 1.54) is 10.9 Å². The van der Waals surface area contributed by atoms with Crippen molar-refractivity contribution in [3.63, 3.8) is 0 Å². The normalized spacial score (nSPS) is 18.8. The molecule has 4 N–H and O–H groups in total. The number of β-amino-alcohol motifs (C(OH)–C–C–N with tert-alkyl or cyclic N) is 1. The number of nitrogens with zero attached hydrogens (tertiary/aromatic N) is 1. The highest BCUT2D eigenvalue weighted by atomic mass is 32.1. The molecule has 10 heteroatoms. The molecule has 2 aromatic carbocycles. The summed E-state index contributed by atoms with van der Waals surface area (Å²) in [4.78, 5) is 25.1. The summed E-state index contributed by atoms with van der Waals surface area (Å²) in [7, 11) is 0. The number of likely N-dealkylation sites (tertiary alicyclic amines) is 1. The lowest BCUT2D eigenvalue weighted by Gasteiger charge is -2.38. The predicted molar refractivity (Wildman–Crippen MR) is 140 cm³/mol. The summed E-state index contributed by atoms with van der Waals surface area (Å²) in [6.07, 6.45) is 3.45. The van der Waals surface area contributed by atoms with Gasteiger partial charge in [-0.05, 0) is 80.1 Å². The molecule has 1 fully saturated rings. The highest BCUT2D eigenvalue weighted by Crippen LogP contribution is 2.38. The minimum absolute atomic E-state index is 0.177. The van der Waals surface area contributed by atoms with Gasteiger partial charge in [0, 0.05) is 39.3 Å². The smallest absolute Gasteiger partial charge is 0.414 e. The fourth-order valence-corrected chi connectivity index (χ4v) is 5.87. The average Bonchev–Trinajstić information content (AvgIpc) is 3.51. The number of aliphatic hydroxyl groups excluding tert-OH is 1. The van der Waals surface area contributed by atoms with Gasteiger partial charge >= 0.3 is 11.9 Å². The van der Waals surface area contributed by atoms with Gasteiger partial charge in [0.1, 0.15) is 24.3 Å². The third kappa shape index (κ3) is 6.65. The Labute approximate surface area is 216 Å². The number of benzene rings is 2. The molecule has 3 heterocycles. The Bertz CT molecular complexity index is 1370. The van der Waals surface area contributed by atoms with E-state index in [-0.39, 0.29) is 12.4 Å². The Morgan fingerprint density at radius 2 is 1.97 bits per heavy atom. The van der Waals surface area contributed by atoms with Crippen LogP contribution in [0.2, 0.25) is 0 Å². The number of nitrogens with one attached hydrogen (secondary N) is 1. The number of carbonyl (C=O) groups is 2. The molecule has 3 atom stereocenters. The zero-order chi connectivity index (χ0) is 26.5. The number of piperidine rings is 1. The summed E-state index contributed by atoms with van der Waals surface area (Å²) in [5.74, 6) is -2.54. The zero-order valence-electron chi connectivity index (χ0n) is 20.3. The standard InChI is InChI=1S/C25H27FN2O2S.C2H2O4/c1-16-11-17(25-13-18-12-19(26)5-6-24(18)31-25)8-10-28(16)14-20(29)15-30-23-4-2-3-22-21(23)7-9-27-22;3-1(4)2(5)6/h2-7,9,12-13,16-17,20,27,29H,8,10-11,14-15H2,1H3;(H,3,4)(H,5,6)/t16-,17+,20-;/m0./s1. The summed E-state index contributed by atoms with van der Waals surface area (Å²) in [5.41, 5.74) is 1.03. The average molecular weight is 529 g/mol. The number of aromatic nitrogens is 1. The van der Waals surface area contributed by atoms with Crippen molar-refractivity contribution >= 4 is 44.3 Å². The van der Waals surface area contributed by atoms with Crippen LogP contribution < -0.4 is 4.74 Å². The van der Waals surface area contributed by atoms with Crippen molar-refractivity contribution in [1.82, 2.24) is 9.88 Å². The van der Waals surface area contributed by atoms with E-state index >= 15 is 0 Å². The second-order valence-electron chi connectivity index (χ2n) is 9.17. The van der Waals surface area contributed by atoms with E-state index in [4.69, 9.17) is 24.5 Å². The van der Waals surface area contributed by atoms with Gasteiger partial charge in [0.05, 0.1) is 0 Å². The summed E-state index contributed by atoms with van der Waals surface area (Å²) < 4.78 is 20.6. The number of H-pyrrole nitrogens is 1. The summed E-state index contributed by atoms with van der Waals surface area (Å²) in [5, 5.41) is 27.4. The van der Waals surface area contributed by atoms with Crippen LogP contribution in [0.3, 0.4) is 0 Å². The van der Waals surface area contributed by atoms with Crippen LogP contribution in [0.1, 0.15) is 30.6 Å². The van der Waals surface area contributed by atoms with Crippen molar-refractivity contribution in [2.75, 3.05) is 19.7 Å². The summed E-state index contributed by atoms with van der Waals surface area (Å²) in [6.45, 7) is 4.06. The van der Waals surface area contributed by atoms with Gasteiger partial charge in [-0.3, -0.25) is 4.90 Å². The molecule has 0 spiro atoms. The van der Waals surface area contributed by atoms with Gasteiger partial charge in [-0.25, -0.2) is 14.0 Å². The van der Waals surface area contributed by atoms with E-state index in [1.807, 2.05) is 36.5 Å². The second kappa shape index (κ2) is 11.7. The third-order valence-electron chi connectivity index (χ3n) is 6.53. The number of rotatable bonds is 6. The Kier molecular flexibility index (Phi) is 8.42. The molecular weight excluding hydrogens is 499 g/mol. The highest BCUT2D eigenvalue weighted by molar-refractivity contribution is 7.19. The van der Waals surface area contributed by atoms with Gasteiger partial charge in [-0.2, -0.15) is 0 Å². The molecular formula is C27H29FN2O6S. The first kappa shape index (κ1) is 26.6. The molecule has 2 aromatic heterocycles. The highest BCUT2D eigenvalue weighted by Gasteiger charge is 2.29. The molecule has 8 nitrogen and oxygen atoms in total. The van der Waals surface area contributed by atoms with Gasteiger partial charge in [-0.1, -0.05) is 6.07 Å². The van der Waals surface area contributed by atoms with Crippen molar-refractivity contribution in [1.29, 1.82) is 0 Å². The number of halogens is 1. The molecule has 0 unspecified atom stereocenters. The second-order valence-corrected chi connectivity index (χ2v) is 10.3. The van der Waals surface area contributed by atoms with Gasteiger partial charge in [0.15, 0.2) is 0 Å². The van der Waals surface area contributed by atoms with Crippen LogP contribution in [-0.2, 0) is 9.59 Å². The van der Waals surface area contributed by atoms with E-state index in [2.05, 4.69) is 22.9 Å². The van der Waals surface area contributed by atoms with Gasteiger partial charge in [0.25, 0.3) is 0 Å². The molecule has 0 aliphatic carbocycles. The van der Waals surface area contributed by atoms with Crippen LogP contribution in [0.25, 0.3) is 21.0 Å². The first-order chi connectivity index (χ1) is 17.7. The van der Waals surface area contributed by atoms with Crippen LogP contribution in [-0.4, -0.2) is 69.0 Å². The third-order valence-corrected chi connectivity index (χ3v) is 7.81. The number of aromatic amines is 1. The van der Waals surface area contributed by atoms with Crippen LogP contribution >= 0.6 is 11.3 Å². The first-order valence-corrected chi connectivity index (χ1v) is 12.8. The fraction of sp³-hybridized carbons (Fsp3) is 0.333. The SMILES string of the molecule is C[C@H]1C[C@H](c2cc3cc(F)ccc3s2)CCN1C[C@H](O)COc1cccc2[nH]ccc12.O=C(O)C(=O)O. The maximum Gasteiger partial charge on any atom is 0.414 e. The largest absolute Gasteiger partial charge is 0.490 e. The van der Waals surface area contributed by atoms with Crippen molar-refractivity contribution in [3.05, 3.63) is 65.4 Å². The molecule has 0 radical (unpaired) electrons. The lowest BCUT2D eigenvalue weighted by atomic mass is 9.90. The number of hydrogen-bond acceptors (Lipinski definition) is 6. The maximum atomic E-state index is 13.5. The molecule has 1 aliphatic heterocycles. The van der Waals surface area contributed by atoms with E-state index in [0.29, 0.717) is 18.5 Å². The lowest BCUT2D eigenvalue weighted by molar-refractivity contribution is -0.159. The Balaban J connectivity index is 0.000000480. The molecule has 0 saturated carbocycles. The van der Waals surface area contributed by atoms with Crippen LogP contribution in [0.15, 0.2) is 54.7 Å². The Morgan fingerprint density at radius 3 is 2.70 bits per heavy atom. The van der Waals surface area contributed by atoms with Crippen molar-refractivity contribution in [2.24, 2.45) is 0 Å². The molecule has 4 aromatic rings. The number of carboxylic acids is 2. The molecule has 37 heavy (non-hydrogen) atoms. The molecule has 1 aliphatic rings.